The Morgan fingerprint density at radius 2 is 2.19 bits per heavy atom. The lowest BCUT2D eigenvalue weighted by atomic mass is 10.1. The number of rotatable bonds is 2. The molecule has 1 amide bonds. The molecule has 1 saturated heterocycles. The maximum Gasteiger partial charge on any atom is 0.268 e. The van der Waals surface area contributed by atoms with Crippen LogP contribution in [-0.2, 0) is 7.05 Å². The van der Waals surface area contributed by atoms with E-state index >= 15 is 0 Å². The molecule has 16 heavy (non-hydrogen) atoms. The predicted octanol–water partition coefficient (Wildman–Crippen LogP) is 0.929. The Morgan fingerprint density at radius 1 is 1.50 bits per heavy atom. The van der Waals surface area contributed by atoms with Crippen molar-refractivity contribution in [2.24, 2.45) is 7.05 Å². The van der Waals surface area contributed by atoms with Gasteiger partial charge in [-0.25, -0.2) is 0 Å². The maximum absolute atomic E-state index is 11.8. The summed E-state index contributed by atoms with van der Waals surface area (Å²) in [5.41, 5.74) is 0.730. The van der Waals surface area contributed by atoms with Gasteiger partial charge in [0.2, 0.25) is 0 Å². The lowest BCUT2D eigenvalue weighted by Crippen LogP contribution is -2.43. The summed E-state index contributed by atoms with van der Waals surface area (Å²) in [5.74, 6) is 0.0365. The quantitative estimate of drug-likeness (QED) is 0.812. The van der Waals surface area contributed by atoms with Crippen LogP contribution in [0.3, 0.4) is 0 Å². The third kappa shape index (κ3) is 3.00. The number of nitrogens with zero attached hydrogens (tertiary/aromatic N) is 1. The summed E-state index contributed by atoms with van der Waals surface area (Å²) in [5, 5.41) is 6.34. The molecule has 4 nitrogen and oxygen atoms in total. The first kappa shape index (κ1) is 13.1. The third-order valence-corrected chi connectivity index (χ3v) is 2.85. The van der Waals surface area contributed by atoms with Gasteiger partial charge in [-0.15, -0.1) is 12.4 Å². The van der Waals surface area contributed by atoms with Crippen molar-refractivity contribution in [1.29, 1.82) is 0 Å². The Kier molecular flexibility index (Phi) is 4.83. The molecule has 0 radical (unpaired) electrons. The van der Waals surface area contributed by atoms with Crippen LogP contribution in [0.2, 0.25) is 0 Å². The van der Waals surface area contributed by atoms with E-state index in [-0.39, 0.29) is 18.3 Å². The number of piperidine rings is 1. The predicted molar refractivity (Wildman–Crippen MR) is 66.0 cm³/mol. The number of nitrogens with one attached hydrogen (secondary N) is 2. The van der Waals surface area contributed by atoms with E-state index in [1.54, 1.807) is 0 Å². The van der Waals surface area contributed by atoms with Gasteiger partial charge in [0.25, 0.3) is 5.91 Å². The molecule has 90 valence electrons. The first-order valence-corrected chi connectivity index (χ1v) is 5.40. The van der Waals surface area contributed by atoms with E-state index in [9.17, 15) is 4.79 Å². The van der Waals surface area contributed by atoms with Crippen LogP contribution >= 0.6 is 12.4 Å². The van der Waals surface area contributed by atoms with Gasteiger partial charge in [-0.1, -0.05) is 0 Å². The van der Waals surface area contributed by atoms with Crippen LogP contribution in [-0.4, -0.2) is 29.6 Å². The smallest absolute Gasteiger partial charge is 0.268 e. The van der Waals surface area contributed by atoms with Gasteiger partial charge >= 0.3 is 0 Å². The van der Waals surface area contributed by atoms with Crippen molar-refractivity contribution in [3.8, 4) is 0 Å². The van der Waals surface area contributed by atoms with E-state index in [0.29, 0.717) is 6.04 Å². The van der Waals surface area contributed by atoms with Gasteiger partial charge in [0, 0.05) is 19.3 Å². The first-order valence-electron chi connectivity index (χ1n) is 5.40. The van der Waals surface area contributed by atoms with Gasteiger partial charge in [0.05, 0.1) is 0 Å². The lowest BCUT2D eigenvalue weighted by molar-refractivity contribution is 0.0921. The first-order chi connectivity index (χ1) is 7.27. The highest BCUT2D eigenvalue weighted by atomic mass is 35.5. The minimum atomic E-state index is 0. The van der Waals surface area contributed by atoms with Crippen LogP contribution in [0.25, 0.3) is 0 Å². The SMILES string of the molecule is Cl.Cn1cccc1C(=O)NC1CCNCC1. The molecule has 0 aliphatic carbocycles. The molecule has 1 aromatic heterocycles. The Bertz CT molecular complexity index is 345. The summed E-state index contributed by atoms with van der Waals surface area (Å²) in [4.78, 5) is 11.8. The Balaban J connectivity index is 0.00000128. The topological polar surface area (TPSA) is 46.1 Å². The van der Waals surface area contributed by atoms with Gasteiger partial charge in [-0.05, 0) is 38.1 Å². The van der Waals surface area contributed by atoms with Crippen LogP contribution in [0.15, 0.2) is 18.3 Å². The zero-order valence-electron chi connectivity index (χ0n) is 9.40. The van der Waals surface area contributed by atoms with Gasteiger partial charge in [-0.2, -0.15) is 0 Å². The van der Waals surface area contributed by atoms with Crippen LogP contribution in [0.4, 0.5) is 0 Å². The number of carbonyl (C=O) groups is 1. The summed E-state index contributed by atoms with van der Waals surface area (Å²) in [6.07, 6.45) is 3.93. The van der Waals surface area contributed by atoms with E-state index in [4.69, 9.17) is 0 Å². The second-order valence-corrected chi connectivity index (χ2v) is 4.00. The Morgan fingerprint density at radius 3 is 2.75 bits per heavy atom. The number of aromatic nitrogens is 1. The number of hydrogen-bond acceptors (Lipinski definition) is 2. The van der Waals surface area contributed by atoms with Crippen molar-refractivity contribution in [3.63, 3.8) is 0 Å². The van der Waals surface area contributed by atoms with Crippen LogP contribution < -0.4 is 10.6 Å². The van der Waals surface area contributed by atoms with Crippen LogP contribution in [0, 0.1) is 0 Å². The normalized spacial score (nSPS) is 16.6. The van der Waals surface area contributed by atoms with E-state index in [2.05, 4.69) is 10.6 Å². The van der Waals surface area contributed by atoms with E-state index in [1.807, 2.05) is 29.9 Å². The standard InChI is InChI=1S/C11H17N3O.ClH/c1-14-8-2-3-10(14)11(15)13-9-4-6-12-7-5-9;/h2-3,8-9,12H,4-7H2,1H3,(H,13,15);1H. The molecule has 0 atom stereocenters. The molecule has 2 N–H and O–H groups in total. The van der Waals surface area contributed by atoms with Gasteiger partial charge in [-0.3, -0.25) is 4.79 Å². The fourth-order valence-corrected chi connectivity index (χ4v) is 1.92. The van der Waals surface area contributed by atoms with Gasteiger partial charge < -0.3 is 15.2 Å². The number of carbonyl (C=O) groups excluding carboxylic acids is 1. The largest absolute Gasteiger partial charge is 0.348 e. The van der Waals surface area contributed by atoms with E-state index in [1.165, 1.54) is 0 Å². The highest BCUT2D eigenvalue weighted by molar-refractivity contribution is 5.92. The fraction of sp³-hybridized carbons (Fsp3) is 0.545. The molecular formula is C11H18ClN3O. The molecule has 0 spiro atoms. The summed E-state index contributed by atoms with van der Waals surface area (Å²) in [6.45, 7) is 2.00. The third-order valence-electron chi connectivity index (χ3n) is 2.85. The van der Waals surface area contributed by atoms with Gasteiger partial charge in [0.1, 0.15) is 5.69 Å². The molecular weight excluding hydrogens is 226 g/mol. The molecule has 0 unspecified atom stereocenters. The monoisotopic (exact) mass is 243 g/mol. The number of hydrogen-bond donors (Lipinski definition) is 2. The van der Waals surface area contributed by atoms with Gasteiger partial charge in [0.15, 0.2) is 0 Å². The van der Waals surface area contributed by atoms with Crippen molar-refractivity contribution >= 4 is 18.3 Å². The summed E-state index contributed by atoms with van der Waals surface area (Å²) >= 11 is 0. The average molecular weight is 244 g/mol. The molecule has 0 bridgehead atoms. The molecule has 1 fully saturated rings. The highest BCUT2D eigenvalue weighted by Gasteiger charge is 2.17. The zero-order valence-corrected chi connectivity index (χ0v) is 10.2. The summed E-state index contributed by atoms with van der Waals surface area (Å²) in [7, 11) is 1.89. The number of amides is 1. The Labute approximate surface area is 102 Å². The number of aryl methyl sites for hydroxylation is 1. The second kappa shape index (κ2) is 5.92. The molecule has 0 saturated carbocycles. The summed E-state index contributed by atoms with van der Waals surface area (Å²) in [6, 6.07) is 4.06. The van der Waals surface area contributed by atoms with Crippen molar-refractivity contribution in [3.05, 3.63) is 24.0 Å². The molecule has 0 aromatic carbocycles. The molecule has 1 aliphatic rings. The second-order valence-electron chi connectivity index (χ2n) is 4.00. The summed E-state index contributed by atoms with van der Waals surface area (Å²) < 4.78 is 1.84. The lowest BCUT2D eigenvalue weighted by Gasteiger charge is -2.23. The van der Waals surface area contributed by atoms with E-state index < -0.39 is 0 Å². The minimum absolute atomic E-state index is 0. The molecule has 1 aliphatic heterocycles. The highest BCUT2D eigenvalue weighted by Crippen LogP contribution is 2.05. The molecule has 2 rings (SSSR count). The average Bonchev–Trinajstić information content (AvgIpc) is 2.66. The van der Waals surface area contributed by atoms with Crippen LogP contribution in [0.5, 0.6) is 0 Å². The molecule has 5 heteroatoms. The van der Waals surface area contributed by atoms with Crippen molar-refractivity contribution in [2.45, 2.75) is 18.9 Å². The Hall–Kier alpha value is -1.00. The zero-order chi connectivity index (χ0) is 10.7. The van der Waals surface area contributed by atoms with E-state index in [0.717, 1.165) is 31.6 Å². The molecule has 1 aromatic rings. The van der Waals surface area contributed by atoms with Crippen LogP contribution in [0.1, 0.15) is 23.3 Å². The molecule has 2 heterocycles. The maximum atomic E-state index is 11.8. The van der Waals surface area contributed by atoms with Crippen molar-refractivity contribution in [2.75, 3.05) is 13.1 Å². The minimum Gasteiger partial charge on any atom is -0.348 e. The fourth-order valence-electron chi connectivity index (χ4n) is 1.92. The number of halogens is 1. The van der Waals surface area contributed by atoms with Crippen molar-refractivity contribution < 1.29 is 4.79 Å². The van der Waals surface area contributed by atoms with Crippen molar-refractivity contribution in [1.82, 2.24) is 15.2 Å².